The first-order chi connectivity index (χ1) is 5.62. The number of unbranched alkanes of at least 4 members (excludes halogenated alkanes) is 1. The van der Waals surface area contributed by atoms with Gasteiger partial charge in [-0.15, -0.1) is 11.8 Å². The van der Waals surface area contributed by atoms with Gasteiger partial charge in [0, 0.05) is 12.8 Å². The minimum atomic E-state index is -0.574. The summed E-state index contributed by atoms with van der Waals surface area (Å²) in [5.74, 6) is 6.05. The molecule has 0 saturated carbocycles. The molecular formula is C11H20O. The molecule has 0 bridgehead atoms. The van der Waals surface area contributed by atoms with Gasteiger partial charge in [0.2, 0.25) is 0 Å². The van der Waals surface area contributed by atoms with Gasteiger partial charge in [-0.3, -0.25) is 0 Å². The third-order valence-electron chi connectivity index (χ3n) is 1.76. The molecule has 1 nitrogen and oxygen atoms in total. The van der Waals surface area contributed by atoms with Gasteiger partial charge < -0.3 is 5.11 Å². The summed E-state index contributed by atoms with van der Waals surface area (Å²) in [6, 6.07) is 0. The van der Waals surface area contributed by atoms with Crippen LogP contribution in [0.4, 0.5) is 0 Å². The van der Waals surface area contributed by atoms with E-state index in [0.717, 1.165) is 25.7 Å². The van der Waals surface area contributed by atoms with Crippen LogP contribution >= 0.6 is 0 Å². The lowest BCUT2D eigenvalue weighted by atomic mass is 9.97. The van der Waals surface area contributed by atoms with E-state index in [9.17, 15) is 5.11 Å². The van der Waals surface area contributed by atoms with E-state index in [2.05, 4.69) is 25.7 Å². The van der Waals surface area contributed by atoms with Crippen LogP contribution in [0.15, 0.2) is 0 Å². The first-order valence-electron chi connectivity index (χ1n) is 4.80. The number of hydrogen-bond acceptors (Lipinski definition) is 1. The predicted octanol–water partition coefficient (Wildman–Crippen LogP) is 2.73. The van der Waals surface area contributed by atoms with Gasteiger partial charge in [0.05, 0.1) is 5.60 Å². The van der Waals surface area contributed by atoms with Gasteiger partial charge >= 0.3 is 0 Å². The quantitative estimate of drug-likeness (QED) is 0.640. The summed E-state index contributed by atoms with van der Waals surface area (Å²) < 4.78 is 0. The Morgan fingerprint density at radius 1 is 1.17 bits per heavy atom. The zero-order valence-corrected chi connectivity index (χ0v) is 8.48. The van der Waals surface area contributed by atoms with E-state index in [1.165, 1.54) is 0 Å². The zero-order valence-electron chi connectivity index (χ0n) is 8.48. The maximum absolute atomic E-state index is 9.71. The monoisotopic (exact) mass is 168 g/mol. The van der Waals surface area contributed by atoms with E-state index >= 15 is 0 Å². The molecular weight excluding hydrogens is 148 g/mol. The Hall–Kier alpha value is -0.480. The molecule has 0 aromatic rings. The van der Waals surface area contributed by atoms with E-state index in [4.69, 9.17) is 0 Å². The average Bonchev–Trinajstić information content (AvgIpc) is 1.98. The standard InChI is InChI=1S/C11H20O/c1-4-6-7-8-10-11(3,12)9-5-2/h12H,4-6,9-10H2,1-3H3. The largest absolute Gasteiger partial charge is 0.389 e. The Bertz CT molecular complexity index is 160. The molecule has 0 rings (SSSR count). The van der Waals surface area contributed by atoms with Crippen molar-refractivity contribution >= 4 is 0 Å². The van der Waals surface area contributed by atoms with Crippen molar-refractivity contribution in [3.8, 4) is 11.8 Å². The lowest BCUT2D eigenvalue weighted by molar-refractivity contribution is 0.0555. The molecule has 12 heavy (non-hydrogen) atoms. The van der Waals surface area contributed by atoms with Crippen LogP contribution in [0.3, 0.4) is 0 Å². The fourth-order valence-electron chi connectivity index (χ4n) is 1.09. The Balaban J connectivity index is 3.68. The molecule has 1 atom stereocenters. The maximum Gasteiger partial charge on any atom is 0.0728 e. The van der Waals surface area contributed by atoms with E-state index < -0.39 is 5.60 Å². The highest BCUT2D eigenvalue weighted by Gasteiger charge is 2.16. The summed E-state index contributed by atoms with van der Waals surface area (Å²) in [5.41, 5.74) is -0.574. The van der Waals surface area contributed by atoms with Crippen LogP contribution in [-0.2, 0) is 0 Å². The third kappa shape index (κ3) is 6.24. The maximum atomic E-state index is 9.71. The van der Waals surface area contributed by atoms with Crippen LogP contribution < -0.4 is 0 Å². The number of aliphatic hydroxyl groups is 1. The fourth-order valence-corrected chi connectivity index (χ4v) is 1.09. The topological polar surface area (TPSA) is 20.2 Å². The minimum Gasteiger partial charge on any atom is -0.389 e. The summed E-state index contributed by atoms with van der Waals surface area (Å²) in [4.78, 5) is 0. The summed E-state index contributed by atoms with van der Waals surface area (Å²) in [5, 5.41) is 9.71. The van der Waals surface area contributed by atoms with Gasteiger partial charge in [0.25, 0.3) is 0 Å². The predicted molar refractivity (Wildman–Crippen MR) is 52.8 cm³/mol. The molecule has 0 amide bonds. The second-order valence-corrected chi connectivity index (χ2v) is 3.53. The molecule has 1 heteroatoms. The molecule has 0 radical (unpaired) electrons. The second kappa shape index (κ2) is 6.08. The SMILES string of the molecule is CCCC#CCC(C)(O)CCC. The average molecular weight is 168 g/mol. The van der Waals surface area contributed by atoms with E-state index in [1.807, 2.05) is 6.92 Å². The van der Waals surface area contributed by atoms with Crippen molar-refractivity contribution in [1.82, 2.24) is 0 Å². The van der Waals surface area contributed by atoms with Crippen LogP contribution in [0, 0.1) is 11.8 Å². The molecule has 1 unspecified atom stereocenters. The molecule has 0 aliphatic heterocycles. The highest BCUT2D eigenvalue weighted by atomic mass is 16.3. The molecule has 0 aliphatic rings. The van der Waals surface area contributed by atoms with Crippen LogP contribution in [0.1, 0.15) is 52.9 Å². The lowest BCUT2D eigenvalue weighted by Gasteiger charge is -2.18. The first kappa shape index (κ1) is 11.5. The van der Waals surface area contributed by atoms with Crippen LogP contribution in [-0.4, -0.2) is 10.7 Å². The first-order valence-corrected chi connectivity index (χ1v) is 4.80. The third-order valence-corrected chi connectivity index (χ3v) is 1.76. The fraction of sp³-hybridized carbons (Fsp3) is 0.818. The van der Waals surface area contributed by atoms with Crippen molar-refractivity contribution in [1.29, 1.82) is 0 Å². The van der Waals surface area contributed by atoms with Crippen LogP contribution in [0.2, 0.25) is 0 Å². The Morgan fingerprint density at radius 3 is 2.33 bits per heavy atom. The number of hydrogen-bond donors (Lipinski definition) is 1. The normalized spacial score (nSPS) is 14.7. The van der Waals surface area contributed by atoms with Crippen molar-refractivity contribution in [2.75, 3.05) is 0 Å². The molecule has 0 aromatic heterocycles. The Kier molecular flexibility index (Phi) is 5.84. The van der Waals surface area contributed by atoms with E-state index in [-0.39, 0.29) is 0 Å². The molecule has 0 aromatic carbocycles. The molecule has 0 heterocycles. The highest BCUT2D eigenvalue weighted by molar-refractivity contribution is 5.02. The summed E-state index contributed by atoms with van der Waals surface area (Å²) in [6.07, 6.45) is 4.52. The van der Waals surface area contributed by atoms with E-state index in [0.29, 0.717) is 6.42 Å². The van der Waals surface area contributed by atoms with Crippen molar-refractivity contribution in [2.45, 2.75) is 58.5 Å². The second-order valence-electron chi connectivity index (χ2n) is 3.53. The summed E-state index contributed by atoms with van der Waals surface area (Å²) in [6.45, 7) is 6.05. The van der Waals surface area contributed by atoms with Crippen molar-refractivity contribution in [2.24, 2.45) is 0 Å². The summed E-state index contributed by atoms with van der Waals surface area (Å²) >= 11 is 0. The van der Waals surface area contributed by atoms with Gasteiger partial charge in [-0.25, -0.2) is 0 Å². The Morgan fingerprint density at radius 2 is 1.83 bits per heavy atom. The molecule has 1 N–H and O–H groups in total. The van der Waals surface area contributed by atoms with E-state index in [1.54, 1.807) is 0 Å². The molecule has 0 saturated heterocycles. The zero-order chi connectivity index (χ0) is 9.45. The highest BCUT2D eigenvalue weighted by Crippen LogP contribution is 2.15. The van der Waals surface area contributed by atoms with Gasteiger partial charge in [-0.2, -0.15) is 0 Å². The Labute approximate surface area is 76.2 Å². The minimum absolute atomic E-state index is 0.574. The molecule has 70 valence electrons. The number of rotatable bonds is 4. The molecule has 0 fully saturated rings. The van der Waals surface area contributed by atoms with Crippen molar-refractivity contribution in [3.05, 3.63) is 0 Å². The van der Waals surface area contributed by atoms with Gasteiger partial charge in [0.1, 0.15) is 0 Å². The van der Waals surface area contributed by atoms with Gasteiger partial charge in [-0.1, -0.05) is 20.3 Å². The van der Waals surface area contributed by atoms with Gasteiger partial charge in [-0.05, 0) is 19.8 Å². The van der Waals surface area contributed by atoms with Crippen LogP contribution in [0.5, 0.6) is 0 Å². The van der Waals surface area contributed by atoms with Gasteiger partial charge in [0.15, 0.2) is 0 Å². The molecule has 0 spiro atoms. The van der Waals surface area contributed by atoms with Crippen molar-refractivity contribution in [3.63, 3.8) is 0 Å². The smallest absolute Gasteiger partial charge is 0.0728 e. The lowest BCUT2D eigenvalue weighted by Crippen LogP contribution is -2.22. The van der Waals surface area contributed by atoms with Crippen LogP contribution in [0.25, 0.3) is 0 Å². The van der Waals surface area contributed by atoms with Crippen molar-refractivity contribution < 1.29 is 5.11 Å². The summed E-state index contributed by atoms with van der Waals surface area (Å²) in [7, 11) is 0. The molecule has 0 aliphatic carbocycles.